The van der Waals surface area contributed by atoms with Crippen LogP contribution in [0.15, 0.2) is 22.8 Å². The van der Waals surface area contributed by atoms with Gasteiger partial charge in [-0.2, -0.15) is 5.26 Å². The van der Waals surface area contributed by atoms with E-state index in [0.717, 1.165) is 0 Å². The van der Waals surface area contributed by atoms with Gasteiger partial charge in [0.25, 0.3) is 0 Å². The molecule has 0 aliphatic rings. The van der Waals surface area contributed by atoms with Crippen molar-refractivity contribution in [2.75, 3.05) is 0 Å². The lowest BCUT2D eigenvalue weighted by Gasteiger charge is -2.06. The van der Waals surface area contributed by atoms with Crippen molar-refractivity contribution >= 4 is 0 Å². The third-order valence-electron chi connectivity index (χ3n) is 2.13. The van der Waals surface area contributed by atoms with E-state index in [1.54, 1.807) is 23.1 Å². The topological polar surface area (TPSA) is 67.6 Å². The molecule has 0 aliphatic carbocycles. The van der Waals surface area contributed by atoms with Crippen molar-refractivity contribution in [3.05, 3.63) is 24.1 Å². The van der Waals surface area contributed by atoms with Crippen LogP contribution in [0, 0.1) is 17.2 Å². The van der Waals surface area contributed by atoms with E-state index >= 15 is 0 Å². The van der Waals surface area contributed by atoms with Crippen LogP contribution in [0.4, 0.5) is 0 Å². The monoisotopic (exact) mass is 216 g/mol. The van der Waals surface area contributed by atoms with Crippen LogP contribution in [-0.4, -0.2) is 15.0 Å². The van der Waals surface area contributed by atoms with Crippen LogP contribution in [0.2, 0.25) is 0 Å². The molecule has 0 fully saturated rings. The smallest absolute Gasteiger partial charge is 0.193 e. The Morgan fingerprint density at radius 1 is 1.56 bits per heavy atom. The van der Waals surface area contributed by atoms with Gasteiger partial charge in [-0.15, -0.1) is 5.10 Å². The normalized spacial score (nSPS) is 10.6. The predicted octanol–water partition coefficient (Wildman–Crippen LogP) is 2.07. The summed E-state index contributed by atoms with van der Waals surface area (Å²) in [6, 6.07) is 5.61. The average Bonchev–Trinajstić information content (AvgIpc) is 2.84. The number of nitrogens with zero attached hydrogens (tertiary/aromatic N) is 4. The van der Waals surface area contributed by atoms with E-state index in [1.165, 1.54) is 0 Å². The van der Waals surface area contributed by atoms with Crippen LogP contribution in [0.25, 0.3) is 11.5 Å². The summed E-state index contributed by atoms with van der Waals surface area (Å²) in [6.45, 7) is 4.88. The summed E-state index contributed by atoms with van der Waals surface area (Å²) >= 11 is 0. The fourth-order valence-corrected chi connectivity index (χ4v) is 1.52. The highest BCUT2D eigenvalue weighted by atomic mass is 16.3. The maximum Gasteiger partial charge on any atom is 0.193 e. The van der Waals surface area contributed by atoms with E-state index in [-0.39, 0.29) is 0 Å². The molecule has 5 heteroatoms. The molecule has 0 amide bonds. The number of rotatable bonds is 3. The Morgan fingerprint density at radius 3 is 2.94 bits per heavy atom. The predicted molar refractivity (Wildman–Crippen MR) is 57.3 cm³/mol. The number of hydrogen-bond acceptors (Lipinski definition) is 4. The van der Waals surface area contributed by atoms with Gasteiger partial charge in [0.15, 0.2) is 11.5 Å². The van der Waals surface area contributed by atoms with Crippen LogP contribution in [-0.2, 0) is 6.54 Å². The number of furan rings is 1. The van der Waals surface area contributed by atoms with Gasteiger partial charge in [-0.25, -0.2) is 4.68 Å². The van der Waals surface area contributed by atoms with Crippen LogP contribution in [0.1, 0.15) is 19.5 Å². The second-order valence-corrected chi connectivity index (χ2v) is 3.95. The van der Waals surface area contributed by atoms with E-state index in [9.17, 15) is 0 Å². The van der Waals surface area contributed by atoms with Gasteiger partial charge >= 0.3 is 0 Å². The summed E-state index contributed by atoms with van der Waals surface area (Å²) in [5, 5.41) is 16.8. The van der Waals surface area contributed by atoms with Gasteiger partial charge in [-0.3, -0.25) is 0 Å². The van der Waals surface area contributed by atoms with Gasteiger partial charge in [-0.1, -0.05) is 19.1 Å². The molecule has 0 aromatic carbocycles. The van der Waals surface area contributed by atoms with E-state index < -0.39 is 0 Å². The van der Waals surface area contributed by atoms with Gasteiger partial charge in [0.1, 0.15) is 11.8 Å². The van der Waals surface area contributed by atoms with Crippen LogP contribution in [0.5, 0.6) is 0 Å². The molecule has 5 nitrogen and oxygen atoms in total. The highest BCUT2D eigenvalue weighted by Crippen LogP contribution is 2.22. The second kappa shape index (κ2) is 4.19. The van der Waals surface area contributed by atoms with Crippen molar-refractivity contribution in [1.82, 2.24) is 15.0 Å². The molecule has 0 radical (unpaired) electrons. The number of hydrogen-bond donors (Lipinski definition) is 0. The molecule has 2 aromatic heterocycles. The highest BCUT2D eigenvalue weighted by Gasteiger charge is 2.17. The third kappa shape index (κ3) is 1.82. The van der Waals surface area contributed by atoms with E-state index in [1.807, 2.05) is 6.07 Å². The molecular formula is C11H12N4O. The van der Waals surface area contributed by atoms with E-state index in [4.69, 9.17) is 9.68 Å². The Bertz CT molecular complexity index is 505. The fraction of sp³-hybridized carbons (Fsp3) is 0.364. The molecule has 0 unspecified atom stereocenters. The second-order valence-electron chi connectivity index (χ2n) is 3.95. The molecule has 0 saturated carbocycles. The first kappa shape index (κ1) is 10.4. The minimum atomic E-state index is 0.301. The average molecular weight is 216 g/mol. The summed E-state index contributed by atoms with van der Waals surface area (Å²) in [5.41, 5.74) is 0.955. The quantitative estimate of drug-likeness (QED) is 0.787. The van der Waals surface area contributed by atoms with Crippen LogP contribution >= 0.6 is 0 Å². The summed E-state index contributed by atoms with van der Waals surface area (Å²) in [6.07, 6.45) is 1.57. The maximum atomic E-state index is 8.96. The van der Waals surface area contributed by atoms with E-state index in [2.05, 4.69) is 24.2 Å². The Morgan fingerprint density at radius 2 is 2.38 bits per heavy atom. The van der Waals surface area contributed by atoms with Crippen molar-refractivity contribution in [2.45, 2.75) is 20.4 Å². The number of nitriles is 1. The van der Waals surface area contributed by atoms with Crippen LogP contribution < -0.4 is 0 Å². The summed E-state index contributed by atoms with van der Waals surface area (Å²) in [5.74, 6) is 1.06. The Labute approximate surface area is 93.3 Å². The standard InChI is InChI=1S/C11H12N4O/c1-8(2)7-15-11(9(6-12)13-14-15)10-4-3-5-16-10/h3-5,8H,7H2,1-2H3. The molecule has 0 N–H and O–H groups in total. The molecule has 0 spiro atoms. The Hall–Kier alpha value is -2.09. The van der Waals surface area contributed by atoms with Crippen molar-refractivity contribution < 1.29 is 4.42 Å². The van der Waals surface area contributed by atoms with Crippen molar-refractivity contribution in [3.8, 4) is 17.5 Å². The molecule has 0 atom stereocenters. The van der Waals surface area contributed by atoms with Crippen LogP contribution in [0.3, 0.4) is 0 Å². The van der Waals surface area contributed by atoms with Gasteiger partial charge in [0.2, 0.25) is 0 Å². The minimum absolute atomic E-state index is 0.301. The van der Waals surface area contributed by atoms with Crippen molar-refractivity contribution in [3.63, 3.8) is 0 Å². The summed E-state index contributed by atoms with van der Waals surface area (Å²) in [4.78, 5) is 0. The van der Waals surface area contributed by atoms with Crippen molar-refractivity contribution in [1.29, 1.82) is 5.26 Å². The largest absolute Gasteiger partial charge is 0.463 e. The molecule has 0 bridgehead atoms. The first-order valence-corrected chi connectivity index (χ1v) is 5.10. The lowest BCUT2D eigenvalue weighted by Crippen LogP contribution is -2.07. The summed E-state index contributed by atoms with van der Waals surface area (Å²) < 4.78 is 7.00. The molecule has 2 rings (SSSR count). The SMILES string of the molecule is CC(C)Cn1nnc(C#N)c1-c1ccco1. The maximum absolute atomic E-state index is 8.96. The zero-order valence-electron chi connectivity index (χ0n) is 9.21. The lowest BCUT2D eigenvalue weighted by molar-refractivity contribution is 0.469. The first-order valence-electron chi connectivity index (χ1n) is 5.10. The van der Waals surface area contributed by atoms with Gasteiger partial charge in [-0.05, 0) is 18.1 Å². The molecule has 16 heavy (non-hydrogen) atoms. The fourth-order valence-electron chi connectivity index (χ4n) is 1.52. The van der Waals surface area contributed by atoms with Gasteiger partial charge in [0, 0.05) is 6.54 Å². The molecule has 0 saturated heterocycles. The molecule has 2 aromatic rings. The molecule has 82 valence electrons. The van der Waals surface area contributed by atoms with E-state index in [0.29, 0.717) is 29.6 Å². The third-order valence-corrected chi connectivity index (χ3v) is 2.13. The lowest BCUT2D eigenvalue weighted by atomic mass is 10.2. The molecular weight excluding hydrogens is 204 g/mol. The van der Waals surface area contributed by atoms with Gasteiger partial charge < -0.3 is 4.42 Å². The summed E-state index contributed by atoms with van der Waals surface area (Å²) in [7, 11) is 0. The highest BCUT2D eigenvalue weighted by molar-refractivity contribution is 5.58. The molecule has 0 aliphatic heterocycles. The zero-order chi connectivity index (χ0) is 11.5. The van der Waals surface area contributed by atoms with Gasteiger partial charge in [0.05, 0.1) is 6.26 Å². The van der Waals surface area contributed by atoms with Crippen molar-refractivity contribution in [2.24, 2.45) is 5.92 Å². The molecule has 2 heterocycles. The first-order chi connectivity index (χ1) is 7.72. The Balaban J connectivity index is 2.48. The zero-order valence-corrected chi connectivity index (χ0v) is 9.21. The number of aromatic nitrogens is 3. The minimum Gasteiger partial charge on any atom is -0.463 e. The Kier molecular flexibility index (Phi) is 2.73.